The minimum absolute atomic E-state index is 0.0598. The fourth-order valence-electron chi connectivity index (χ4n) is 2.71. The summed E-state index contributed by atoms with van der Waals surface area (Å²) in [7, 11) is 0. The predicted molar refractivity (Wildman–Crippen MR) is 93.2 cm³/mol. The summed E-state index contributed by atoms with van der Waals surface area (Å²) < 4.78 is 6.10. The van der Waals surface area contributed by atoms with Gasteiger partial charge in [-0.15, -0.1) is 0 Å². The van der Waals surface area contributed by atoms with Gasteiger partial charge in [0.1, 0.15) is 12.4 Å². The molecule has 0 unspecified atom stereocenters. The first kappa shape index (κ1) is 16.0. The number of benzene rings is 2. The number of carbonyl (C=O) groups is 1. The van der Waals surface area contributed by atoms with Gasteiger partial charge in [-0.05, 0) is 24.6 Å². The van der Waals surface area contributed by atoms with Crippen molar-refractivity contribution in [3.8, 4) is 5.75 Å². The van der Waals surface area contributed by atoms with Crippen molar-refractivity contribution in [2.45, 2.75) is 26.4 Å². The lowest BCUT2D eigenvalue weighted by molar-refractivity contribution is -0.136. The van der Waals surface area contributed by atoms with E-state index in [9.17, 15) is 4.79 Å². The normalized spacial score (nSPS) is 10.7. The molecule has 3 rings (SSSR count). The van der Waals surface area contributed by atoms with Gasteiger partial charge in [-0.2, -0.15) is 0 Å². The lowest BCUT2D eigenvalue weighted by atomic mass is 10.1. The van der Waals surface area contributed by atoms with Crippen molar-refractivity contribution >= 4 is 16.9 Å². The summed E-state index contributed by atoms with van der Waals surface area (Å²) in [4.78, 5) is 15.5. The molecule has 122 valence electrons. The number of rotatable bonds is 6. The van der Waals surface area contributed by atoms with Gasteiger partial charge in [0.15, 0.2) is 0 Å². The van der Waals surface area contributed by atoms with Gasteiger partial charge in [0, 0.05) is 23.1 Å². The van der Waals surface area contributed by atoms with Crippen molar-refractivity contribution < 1.29 is 14.6 Å². The Bertz CT molecular complexity index is 859. The third-order valence-corrected chi connectivity index (χ3v) is 3.98. The summed E-state index contributed by atoms with van der Waals surface area (Å²) in [6, 6.07) is 17.8. The maximum absolute atomic E-state index is 10.9. The molecule has 0 fully saturated rings. The third-order valence-electron chi connectivity index (χ3n) is 3.98. The van der Waals surface area contributed by atoms with E-state index in [0.29, 0.717) is 13.0 Å². The van der Waals surface area contributed by atoms with E-state index in [1.54, 1.807) is 0 Å². The lowest BCUT2D eigenvalue weighted by Crippen LogP contribution is -2.05. The van der Waals surface area contributed by atoms with E-state index in [2.05, 4.69) is 4.98 Å². The molecular formula is C20H19NO3. The molecule has 0 radical (unpaired) electrons. The fourth-order valence-corrected chi connectivity index (χ4v) is 2.71. The first-order chi connectivity index (χ1) is 11.6. The summed E-state index contributed by atoms with van der Waals surface area (Å²) in [5, 5.41) is 9.89. The van der Waals surface area contributed by atoms with Crippen LogP contribution >= 0.6 is 0 Å². The molecule has 0 amide bonds. The standard InChI is InChI=1S/C20H19NO3/c1-14-17(11-12-19(22)23)21-18-10-6-5-9-16(18)20(14)24-13-15-7-3-2-4-8-15/h2-10H,11-13H2,1H3,(H,22,23). The van der Waals surface area contributed by atoms with Crippen LogP contribution in [0.2, 0.25) is 0 Å². The first-order valence-corrected chi connectivity index (χ1v) is 7.92. The second-order valence-electron chi connectivity index (χ2n) is 5.70. The number of ether oxygens (including phenoxy) is 1. The highest BCUT2D eigenvalue weighted by molar-refractivity contribution is 5.86. The Labute approximate surface area is 140 Å². The molecule has 0 atom stereocenters. The van der Waals surface area contributed by atoms with Crippen LogP contribution in [0.5, 0.6) is 5.75 Å². The van der Waals surface area contributed by atoms with Crippen molar-refractivity contribution in [3.63, 3.8) is 0 Å². The summed E-state index contributed by atoms with van der Waals surface area (Å²) in [6.45, 7) is 2.41. The number of hydrogen-bond acceptors (Lipinski definition) is 3. The van der Waals surface area contributed by atoms with Gasteiger partial charge in [0.05, 0.1) is 11.9 Å². The molecule has 0 spiro atoms. The largest absolute Gasteiger partial charge is 0.488 e. The average molecular weight is 321 g/mol. The Balaban J connectivity index is 1.97. The van der Waals surface area contributed by atoms with Crippen molar-refractivity contribution in [2.24, 2.45) is 0 Å². The first-order valence-electron chi connectivity index (χ1n) is 7.92. The number of hydrogen-bond donors (Lipinski definition) is 1. The van der Waals surface area contributed by atoms with Gasteiger partial charge in [-0.1, -0.05) is 42.5 Å². The quantitative estimate of drug-likeness (QED) is 0.741. The van der Waals surface area contributed by atoms with Crippen LogP contribution in [0.15, 0.2) is 54.6 Å². The van der Waals surface area contributed by atoms with E-state index >= 15 is 0 Å². The Morgan fingerprint density at radius 2 is 1.79 bits per heavy atom. The Morgan fingerprint density at radius 3 is 2.54 bits per heavy atom. The highest BCUT2D eigenvalue weighted by atomic mass is 16.5. The van der Waals surface area contributed by atoms with E-state index in [0.717, 1.165) is 33.5 Å². The van der Waals surface area contributed by atoms with Gasteiger partial charge in [-0.25, -0.2) is 0 Å². The smallest absolute Gasteiger partial charge is 0.303 e. The monoisotopic (exact) mass is 321 g/mol. The molecule has 0 bridgehead atoms. The minimum atomic E-state index is -0.823. The molecular weight excluding hydrogens is 302 g/mol. The van der Waals surface area contributed by atoms with Crippen LogP contribution in [0.1, 0.15) is 23.2 Å². The van der Waals surface area contributed by atoms with Gasteiger partial charge in [-0.3, -0.25) is 9.78 Å². The number of carboxylic acid groups (broad SMARTS) is 1. The third kappa shape index (κ3) is 3.54. The Kier molecular flexibility index (Phi) is 4.75. The zero-order valence-electron chi connectivity index (χ0n) is 13.5. The SMILES string of the molecule is Cc1c(CCC(=O)O)nc2ccccc2c1OCc1ccccc1. The number of aryl methyl sites for hydroxylation is 1. The molecule has 1 N–H and O–H groups in total. The van der Waals surface area contributed by atoms with Crippen LogP contribution in [0.3, 0.4) is 0 Å². The number of para-hydroxylation sites is 1. The van der Waals surface area contributed by atoms with Crippen LogP contribution in [-0.4, -0.2) is 16.1 Å². The average Bonchev–Trinajstić information content (AvgIpc) is 2.60. The molecule has 0 saturated carbocycles. The van der Waals surface area contributed by atoms with Crippen LogP contribution in [0, 0.1) is 6.92 Å². The molecule has 4 nitrogen and oxygen atoms in total. The maximum Gasteiger partial charge on any atom is 0.303 e. The van der Waals surface area contributed by atoms with E-state index in [1.807, 2.05) is 61.5 Å². The van der Waals surface area contributed by atoms with Gasteiger partial charge >= 0.3 is 5.97 Å². The zero-order chi connectivity index (χ0) is 16.9. The molecule has 1 heterocycles. The Morgan fingerprint density at radius 1 is 1.08 bits per heavy atom. The summed E-state index contributed by atoms with van der Waals surface area (Å²) >= 11 is 0. The number of aromatic nitrogens is 1. The highest BCUT2D eigenvalue weighted by Gasteiger charge is 2.14. The molecule has 4 heteroatoms. The fraction of sp³-hybridized carbons (Fsp3) is 0.200. The van der Waals surface area contributed by atoms with Crippen LogP contribution in [-0.2, 0) is 17.8 Å². The number of aliphatic carboxylic acids is 1. The zero-order valence-corrected chi connectivity index (χ0v) is 13.5. The van der Waals surface area contributed by atoms with E-state index in [-0.39, 0.29) is 6.42 Å². The van der Waals surface area contributed by atoms with Crippen LogP contribution in [0.4, 0.5) is 0 Å². The molecule has 0 aliphatic rings. The predicted octanol–water partition coefficient (Wildman–Crippen LogP) is 4.14. The van der Waals surface area contributed by atoms with E-state index in [1.165, 1.54) is 0 Å². The number of pyridine rings is 1. The molecule has 0 saturated heterocycles. The topological polar surface area (TPSA) is 59.4 Å². The van der Waals surface area contributed by atoms with Gasteiger partial charge < -0.3 is 9.84 Å². The molecule has 24 heavy (non-hydrogen) atoms. The number of fused-ring (bicyclic) bond motifs is 1. The van der Waals surface area contributed by atoms with E-state index < -0.39 is 5.97 Å². The Hall–Kier alpha value is -2.88. The summed E-state index contributed by atoms with van der Waals surface area (Å²) in [5.74, 6) is -0.0408. The van der Waals surface area contributed by atoms with E-state index in [4.69, 9.17) is 9.84 Å². The lowest BCUT2D eigenvalue weighted by Gasteiger charge is -2.15. The van der Waals surface area contributed by atoms with Gasteiger partial charge in [0.25, 0.3) is 0 Å². The number of nitrogens with zero attached hydrogens (tertiary/aromatic N) is 1. The van der Waals surface area contributed by atoms with Crippen LogP contribution < -0.4 is 4.74 Å². The molecule has 3 aromatic rings. The van der Waals surface area contributed by atoms with Gasteiger partial charge in [0.2, 0.25) is 0 Å². The molecule has 2 aromatic carbocycles. The van der Waals surface area contributed by atoms with Crippen LogP contribution in [0.25, 0.3) is 10.9 Å². The molecule has 0 aliphatic carbocycles. The summed E-state index contributed by atoms with van der Waals surface area (Å²) in [5.41, 5.74) is 3.60. The highest BCUT2D eigenvalue weighted by Crippen LogP contribution is 2.31. The second-order valence-corrected chi connectivity index (χ2v) is 5.70. The van der Waals surface area contributed by atoms with Crippen molar-refractivity contribution in [2.75, 3.05) is 0 Å². The van der Waals surface area contributed by atoms with Crippen molar-refractivity contribution in [1.29, 1.82) is 0 Å². The molecule has 1 aromatic heterocycles. The second kappa shape index (κ2) is 7.13. The maximum atomic E-state index is 10.9. The summed E-state index contributed by atoms with van der Waals surface area (Å²) in [6.07, 6.45) is 0.456. The number of carboxylic acids is 1. The molecule has 0 aliphatic heterocycles. The minimum Gasteiger partial charge on any atom is -0.488 e. The van der Waals surface area contributed by atoms with Crippen molar-refractivity contribution in [1.82, 2.24) is 4.98 Å². The van der Waals surface area contributed by atoms with Crippen molar-refractivity contribution in [3.05, 3.63) is 71.4 Å².